The van der Waals surface area contributed by atoms with Crippen LogP contribution in [0.2, 0.25) is 0 Å². The molecule has 0 aromatic heterocycles. The Bertz CT molecular complexity index is 498. The molecular weight excluding hydrogens is 268 g/mol. The molecule has 0 aliphatic carbocycles. The van der Waals surface area contributed by atoms with Crippen LogP contribution in [0.5, 0.6) is 0 Å². The van der Waals surface area contributed by atoms with Gasteiger partial charge in [0, 0.05) is 24.0 Å². The first-order valence-corrected chi connectivity index (χ1v) is 7.28. The van der Waals surface area contributed by atoms with Crippen LogP contribution in [-0.4, -0.2) is 60.1 Å². The topological polar surface area (TPSA) is 95.8 Å². The van der Waals surface area contributed by atoms with Gasteiger partial charge in [0.1, 0.15) is 0 Å². The number of piperidine rings is 1. The van der Waals surface area contributed by atoms with E-state index in [4.69, 9.17) is 11.5 Å². The van der Waals surface area contributed by atoms with Crippen LogP contribution in [0.4, 0.5) is 11.4 Å². The van der Waals surface area contributed by atoms with Gasteiger partial charge in [0.05, 0.1) is 12.2 Å². The van der Waals surface area contributed by atoms with Gasteiger partial charge in [-0.05, 0) is 51.2 Å². The van der Waals surface area contributed by atoms with Crippen molar-refractivity contribution in [2.24, 2.45) is 0 Å². The van der Waals surface area contributed by atoms with Crippen LogP contribution in [0.15, 0.2) is 18.2 Å². The highest BCUT2D eigenvalue weighted by atomic mass is 16.3. The summed E-state index contributed by atoms with van der Waals surface area (Å²) in [5.41, 5.74) is 13.0. The minimum Gasteiger partial charge on any atom is -0.399 e. The number of rotatable bonds is 4. The second-order valence-electron chi connectivity index (χ2n) is 5.60. The van der Waals surface area contributed by atoms with Gasteiger partial charge in [-0.3, -0.25) is 4.79 Å². The number of benzene rings is 1. The molecule has 1 fully saturated rings. The molecule has 1 heterocycles. The maximum Gasteiger partial charge on any atom is 0.256 e. The molecule has 1 aliphatic rings. The number of amides is 1. The number of nitrogen functional groups attached to an aromatic ring is 2. The smallest absolute Gasteiger partial charge is 0.256 e. The lowest BCUT2D eigenvalue weighted by Gasteiger charge is -2.37. The molecule has 6 nitrogen and oxygen atoms in total. The van der Waals surface area contributed by atoms with Crippen molar-refractivity contribution in [1.29, 1.82) is 0 Å². The highest BCUT2D eigenvalue weighted by Gasteiger charge is 2.28. The average Bonchev–Trinajstić information content (AvgIpc) is 2.45. The molecule has 0 radical (unpaired) electrons. The first-order chi connectivity index (χ1) is 10.0. The van der Waals surface area contributed by atoms with E-state index in [9.17, 15) is 9.90 Å². The molecule has 0 unspecified atom stereocenters. The molecule has 1 saturated heterocycles. The van der Waals surface area contributed by atoms with Crippen LogP contribution in [-0.2, 0) is 0 Å². The van der Waals surface area contributed by atoms with Gasteiger partial charge in [0.25, 0.3) is 5.91 Å². The second-order valence-corrected chi connectivity index (χ2v) is 5.60. The van der Waals surface area contributed by atoms with Crippen molar-refractivity contribution in [3.8, 4) is 0 Å². The van der Waals surface area contributed by atoms with Crippen molar-refractivity contribution in [3.05, 3.63) is 23.8 Å². The fraction of sp³-hybridized carbons (Fsp3) is 0.533. The molecule has 0 spiro atoms. The number of anilines is 2. The lowest BCUT2D eigenvalue weighted by molar-refractivity contribution is 0.0541. The van der Waals surface area contributed by atoms with Crippen LogP contribution in [0, 0.1) is 0 Å². The molecule has 2 rings (SSSR count). The van der Waals surface area contributed by atoms with Gasteiger partial charge in [-0.15, -0.1) is 0 Å². The van der Waals surface area contributed by atoms with Crippen molar-refractivity contribution in [3.63, 3.8) is 0 Å². The molecule has 6 heteroatoms. The van der Waals surface area contributed by atoms with Crippen LogP contribution in [0.3, 0.4) is 0 Å². The van der Waals surface area contributed by atoms with Crippen molar-refractivity contribution >= 4 is 17.3 Å². The zero-order valence-electron chi connectivity index (χ0n) is 12.5. The molecular formula is C15H24N4O2. The van der Waals surface area contributed by atoms with Gasteiger partial charge in [0.15, 0.2) is 0 Å². The number of nitrogens with two attached hydrogens (primary N) is 2. The summed E-state index contributed by atoms with van der Waals surface area (Å²) >= 11 is 0. The Labute approximate surface area is 125 Å². The highest BCUT2D eigenvalue weighted by Crippen LogP contribution is 2.22. The number of carbonyl (C=O) groups is 1. The summed E-state index contributed by atoms with van der Waals surface area (Å²) < 4.78 is 0. The quantitative estimate of drug-likeness (QED) is 0.697. The number of aliphatic hydroxyl groups excluding tert-OH is 1. The molecule has 1 aromatic rings. The SMILES string of the molecule is CN1CCC(N(CCO)C(=O)c2ccc(N)cc2N)CC1. The van der Waals surface area contributed by atoms with E-state index in [0.29, 0.717) is 23.5 Å². The summed E-state index contributed by atoms with van der Waals surface area (Å²) in [4.78, 5) is 16.7. The number of likely N-dealkylation sites (tertiary alicyclic amines) is 1. The molecule has 21 heavy (non-hydrogen) atoms. The normalized spacial score (nSPS) is 16.9. The third kappa shape index (κ3) is 3.65. The Balaban J connectivity index is 2.18. The number of carbonyl (C=O) groups excluding carboxylic acids is 1. The molecule has 116 valence electrons. The molecule has 0 bridgehead atoms. The number of aliphatic hydroxyl groups is 1. The fourth-order valence-corrected chi connectivity index (χ4v) is 2.79. The van der Waals surface area contributed by atoms with E-state index >= 15 is 0 Å². The minimum absolute atomic E-state index is 0.0487. The zero-order valence-corrected chi connectivity index (χ0v) is 12.5. The van der Waals surface area contributed by atoms with Crippen LogP contribution >= 0.6 is 0 Å². The minimum atomic E-state index is -0.129. The molecule has 0 saturated carbocycles. The third-order valence-electron chi connectivity index (χ3n) is 4.04. The largest absolute Gasteiger partial charge is 0.399 e. The first kappa shape index (κ1) is 15.6. The number of hydrogen-bond acceptors (Lipinski definition) is 5. The predicted molar refractivity (Wildman–Crippen MR) is 83.9 cm³/mol. The van der Waals surface area contributed by atoms with E-state index < -0.39 is 0 Å². The molecule has 1 aliphatic heterocycles. The summed E-state index contributed by atoms with van der Waals surface area (Å²) in [6.45, 7) is 2.19. The van der Waals surface area contributed by atoms with E-state index in [0.717, 1.165) is 25.9 Å². The Hall–Kier alpha value is -1.79. The summed E-state index contributed by atoms with van der Waals surface area (Å²) in [6.07, 6.45) is 1.83. The highest BCUT2D eigenvalue weighted by molar-refractivity contribution is 5.99. The van der Waals surface area contributed by atoms with Crippen LogP contribution in [0.1, 0.15) is 23.2 Å². The van der Waals surface area contributed by atoms with Crippen molar-refractivity contribution in [2.45, 2.75) is 18.9 Å². The summed E-state index contributed by atoms with van der Waals surface area (Å²) in [5, 5.41) is 9.27. The van der Waals surface area contributed by atoms with Gasteiger partial charge >= 0.3 is 0 Å². The molecule has 1 aromatic carbocycles. The fourth-order valence-electron chi connectivity index (χ4n) is 2.79. The van der Waals surface area contributed by atoms with Gasteiger partial charge in [-0.1, -0.05) is 0 Å². The molecule has 1 amide bonds. The summed E-state index contributed by atoms with van der Waals surface area (Å²) in [6, 6.07) is 5.08. The molecule has 0 atom stereocenters. The standard InChI is InChI=1S/C15H24N4O2/c1-18-6-4-12(5-7-18)19(8-9-20)15(21)13-3-2-11(16)10-14(13)17/h2-3,10,12,20H,4-9,16-17H2,1H3. The lowest BCUT2D eigenvalue weighted by Crippen LogP contribution is -2.47. The van der Waals surface area contributed by atoms with Crippen molar-refractivity contribution in [2.75, 3.05) is 44.8 Å². The average molecular weight is 292 g/mol. The van der Waals surface area contributed by atoms with E-state index in [-0.39, 0.29) is 18.6 Å². The third-order valence-corrected chi connectivity index (χ3v) is 4.04. The van der Waals surface area contributed by atoms with Gasteiger partial charge < -0.3 is 26.4 Å². The van der Waals surface area contributed by atoms with Crippen LogP contribution < -0.4 is 11.5 Å². The lowest BCUT2D eigenvalue weighted by atomic mass is 10.0. The molecule has 5 N–H and O–H groups in total. The van der Waals surface area contributed by atoms with Gasteiger partial charge in [-0.2, -0.15) is 0 Å². The monoisotopic (exact) mass is 292 g/mol. The second kappa shape index (κ2) is 6.78. The Kier molecular flexibility index (Phi) is 5.03. The van der Waals surface area contributed by atoms with Crippen molar-refractivity contribution < 1.29 is 9.90 Å². The summed E-state index contributed by atoms with van der Waals surface area (Å²) in [5.74, 6) is -0.129. The van der Waals surface area contributed by atoms with Gasteiger partial charge in [-0.25, -0.2) is 0 Å². The Morgan fingerprint density at radius 1 is 1.38 bits per heavy atom. The number of nitrogens with zero attached hydrogens (tertiary/aromatic N) is 2. The van der Waals surface area contributed by atoms with Gasteiger partial charge in [0.2, 0.25) is 0 Å². The maximum absolute atomic E-state index is 12.7. The first-order valence-electron chi connectivity index (χ1n) is 7.28. The van der Waals surface area contributed by atoms with E-state index in [1.54, 1.807) is 23.1 Å². The maximum atomic E-state index is 12.7. The number of hydrogen-bond donors (Lipinski definition) is 3. The Morgan fingerprint density at radius 3 is 2.62 bits per heavy atom. The summed E-state index contributed by atoms with van der Waals surface area (Å²) in [7, 11) is 2.08. The Morgan fingerprint density at radius 2 is 2.05 bits per heavy atom. The van der Waals surface area contributed by atoms with Crippen molar-refractivity contribution in [1.82, 2.24) is 9.80 Å². The van der Waals surface area contributed by atoms with Crippen LogP contribution in [0.25, 0.3) is 0 Å². The van der Waals surface area contributed by atoms with E-state index in [2.05, 4.69) is 11.9 Å². The zero-order chi connectivity index (χ0) is 15.4. The predicted octanol–water partition coefficient (Wildman–Crippen LogP) is 0.380. The van der Waals surface area contributed by atoms with E-state index in [1.807, 2.05) is 0 Å². The van der Waals surface area contributed by atoms with E-state index in [1.165, 1.54) is 0 Å².